The fraction of sp³-hybridized carbons (Fsp3) is 0.385. The maximum absolute atomic E-state index is 11.7. The third-order valence-electron chi connectivity index (χ3n) is 2.85. The second kappa shape index (κ2) is 7.55. The highest BCUT2D eigenvalue weighted by Gasteiger charge is 2.13. The number of nitrogens with zero attached hydrogens (tertiary/aromatic N) is 2. The molecule has 0 atom stereocenters. The third-order valence-corrected chi connectivity index (χ3v) is 3.71. The van der Waals surface area contributed by atoms with E-state index in [1.165, 1.54) is 0 Å². The van der Waals surface area contributed by atoms with E-state index in [0.717, 1.165) is 22.2 Å². The number of nitrogens with one attached hydrogen (secondary N) is 1. The van der Waals surface area contributed by atoms with E-state index >= 15 is 0 Å². The van der Waals surface area contributed by atoms with Gasteiger partial charge in [-0.25, -0.2) is 5.43 Å². The molecule has 0 aromatic heterocycles. The molecule has 0 bridgehead atoms. The van der Waals surface area contributed by atoms with Crippen LogP contribution in [0.25, 0.3) is 0 Å². The Hall–Kier alpha value is -1.19. The first-order valence-electron chi connectivity index (χ1n) is 6.25. The number of hydrogen-bond acceptors (Lipinski definition) is 5. The van der Waals surface area contributed by atoms with Crippen LogP contribution in [0.1, 0.15) is 5.56 Å². The normalized spacial score (nSPS) is 16.4. The molecule has 2 N–H and O–H groups in total. The Morgan fingerprint density at radius 1 is 1.50 bits per heavy atom. The van der Waals surface area contributed by atoms with Gasteiger partial charge in [-0.15, -0.1) is 0 Å². The summed E-state index contributed by atoms with van der Waals surface area (Å²) < 4.78 is 5.96. The number of phenolic OH excluding ortho intramolecular Hbond substituents is 1. The predicted octanol–water partition coefficient (Wildman–Crippen LogP) is 0.779. The topological polar surface area (TPSA) is 74.2 Å². The van der Waals surface area contributed by atoms with Gasteiger partial charge >= 0.3 is 0 Å². The molecule has 1 amide bonds. The van der Waals surface area contributed by atoms with Crippen LogP contribution in [0.15, 0.2) is 23.3 Å². The maximum atomic E-state index is 11.7. The van der Waals surface area contributed by atoms with Gasteiger partial charge in [-0.3, -0.25) is 9.69 Å². The zero-order chi connectivity index (χ0) is 14.4. The predicted molar refractivity (Wildman–Crippen MR) is 83.8 cm³/mol. The quantitative estimate of drug-likeness (QED) is 0.454. The number of hydrogen-bond donors (Lipinski definition) is 2. The number of amides is 1. The summed E-state index contributed by atoms with van der Waals surface area (Å²) in [6.07, 6.45) is 1.55. The van der Waals surface area contributed by atoms with Crippen LogP contribution >= 0.6 is 22.6 Å². The lowest BCUT2D eigenvalue weighted by Gasteiger charge is -2.25. The van der Waals surface area contributed by atoms with Gasteiger partial charge in [-0.2, -0.15) is 5.10 Å². The average molecular weight is 389 g/mol. The Labute approximate surface area is 130 Å². The SMILES string of the molecule is O=C(CN1CCOCC1)N/N=C/c1ccc(O)c(I)c1. The summed E-state index contributed by atoms with van der Waals surface area (Å²) in [5.74, 6) is 0.0933. The lowest BCUT2D eigenvalue weighted by atomic mass is 10.2. The van der Waals surface area contributed by atoms with E-state index in [0.29, 0.717) is 19.8 Å². The summed E-state index contributed by atoms with van der Waals surface area (Å²) in [4.78, 5) is 13.7. The molecule has 1 aromatic carbocycles. The van der Waals surface area contributed by atoms with Gasteiger partial charge in [0.15, 0.2) is 0 Å². The van der Waals surface area contributed by atoms with Gasteiger partial charge in [-0.05, 0) is 46.4 Å². The number of aromatic hydroxyl groups is 1. The van der Waals surface area contributed by atoms with Gasteiger partial charge in [0.05, 0.1) is 29.5 Å². The molecule has 1 aliphatic rings. The number of morpholine rings is 1. The first-order chi connectivity index (χ1) is 9.65. The highest BCUT2D eigenvalue weighted by atomic mass is 127. The number of ether oxygens (including phenoxy) is 1. The molecule has 0 radical (unpaired) electrons. The van der Waals surface area contributed by atoms with Crippen LogP contribution in [0, 0.1) is 3.57 Å². The second-order valence-electron chi connectivity index (χ2n) is 4.39. The first kappa shape index (κ1) is 15.2. The summed E-state index contributed by atoms with van der Waals surface area (Å²) in [5.41, 5.74) is 3.31. The lowest BCUT2D eigenvalue weighted by molar-refractivity contribution is -0.123. The van der Waals surface area contributed by atoms with Crippen molar-refractivity contribution in [2.75, 3.05) is 32.8 Å². The molecule has 1 aromatic rings. The van der Waals surface area contributed by atoms with Crippen molar-refractivity contribution in [1.29, 1.82) is 0 Å². The molecule has 1 saturated heterocycles. The van der Waals surface area contributed by atoms with Crippen molar-refractivity contribution in [2.24, 2.45) is 5.10 Å². The van der Waals surface area contributed by atoms with Crippen molar-refractivity contribution in [3.05, 3.63) is 27.3 Å². The van der Waals surface area contributed by atoms with Crippen molar-refractivity contribution in [1.82, 2.24) is 10.3 Å². The minimum Gasteiger partial charge on any atom is -0.507 e. The van der Waals surface area contributed by atoms with Crippen molar-refractivity contribution in [3.8, 4) is 5.75 Å². The molecule has 0 saturated carbocycles. The van der Waals surface area contributed by atoms with Crippen LogP contribution in [-0.4, -0.2) is 55.0 Å². The van der Waals surface area contributed by atoms with E-state index < -0.39 is 0 Å². The number of carbonyl (C=O) groups is 1. The van der Waals surface area contributed by atoms with Crippen LogP contribution in [0.3, 0.4) is 0 Å². The van der Waals surface area contributed by atoms with Crippen molar-refractivity contribution in [3.63, 3.8) is 0 Å². The van der Waals surface area contributed by atoms with E-state index in [-0.39, 0.29) is 11.7 Å². The van der Waals surface area contributed by atoms with Gasteiger partial charge in [0.2, 0.25) is 0 Å². The third kappa shape index (κ3) is 4.73. The Balaban J connectivity index is 1.79. The lowest BCUT2D eigenvalue weighted by Crippen LogP contribution is -2.42. The summed E-state index contributed by atoms with van der Waals surface area (Å²) in [7, 11) is 0. The molecular formula is C13H16IN3O3. The number of hydrazone groups is 1. The van der Waals surface area contributed by atoms with Crippen molar-refractivity contribution >= 4 is 34.7 Å². The van der Waals surface area contributed by atoms with Gasteiger partial charge in [-0.1, -0.05) is 0 Å². The Morgan fingerprint density at radius 3 is 2.95 bits per heavy atom. The van der Waals surface area contributed by atoms with Crippen LogP contribution in [0.2, 0.25) is 0 Å². The highest BCUT2D eigenvalue weighted by molar-refractivity contribution is 14.1. The minimum atomic E-state index is -0.142. The Morgan fingerprint density at radius 2 is 2.25 bits per heavy atom. The highest BCUT2D eigenvalue weighted by Crippen LogP contribution is 2.19. The van der Waals surface area contributed by atoms with Crippen molar-refractivity contribution in [2.45, 2.75) is 0 Å². The number of phenols is 1. The molecule has 20 heavy (non-hydrogen) atoms. The molecule has 6 nitrogen and oxygen atoms in total. The van der Waals surface area contributed by atoms with Crippen LogP contribution in [-0.2, 0) is 9.53 Å². The molecule has 0 spiro atoms. The molecule has 1 heterocycles. The number of halogens is 1. The van der Waals surface area contributed by atoms with Crippen LogP contribution in [0.4, 0.5) is 0 Å². The number of carbonyl (C=O) groups excluding carboxylic acids is 1. The summed E-state index contributed by atoms with van der Waals surface area (Å²) in [6, 6.07) is 5.11. The molecule has 0 unspecified atom stereocenters. The van der Waals surface area contributed by atoms with Gasteiger partial charge in [0, 0.05) is 13.1 Å². The van der Waals surface area contributed by atoms with Gasteiger partial charge in [0.1, 0.15) is 5.75 Å². The van der Waals surface area contributed by atoms with E-state index in [4.69, 9.17) is 4.74 Å². The molecule has 1 aliphatic heterocycles. The van der Waals surface area contributed by atoms with Gasteiger partial charge in [0.25, 0.3) is 5.91 Å². The van der Waals surface area contributed by atoms with E-state index in [1.807, 2.05) is 27.5 Å². The first-order valence-corrected chi connectivity index (χ1v) is 7.33. The molecule has 0 aliphatic carbocycles. The minimum absolute atomic E-state index is 0.142. The maximum Gasteiger partial charge on any atom is 0.254 e. The molecule has 1 fully saturated rings. The largest absolute Gasteiger partial charge is 0.507 e. The monoisotopic (exact) mass is 389 g/mol. The van der Waals surface area contributed by atoms with Gasteiger partial charge < -0.3 is 9.84 Å². The van der Waals surface area contributed by atoms with Crippen LogP contribution < -0.4 is 5.43 Å². The second-order valence-corrected chi connectivity index (χ2v) is 5.55. The number of benzene rings is 1. The molecule has 7 heteroatoms. The van der Waals surface area contributed by atoms with Crippen molar-refractivity contribution < 1.29 is 14.6 Å². The molecule has 2 rings (SSSR count). The zero-order valence-electron chi connectivity index (χ0n) is 10.9. The molecule has 108 valence electrons. The summed E-state index contributed by atoms with van der Waals surface area (Å²) in [6.45, 7) is 3.21. The smallest absolute Gasteiger partial charge is 0.254 e. The summed E-state index contributed by atoms with van der Waals surface area (Å²) >= 11 is 2.03. The fourth-order valence-electron chi connectivity index (χ4n) is 1.78. The van der Waals surface area contributed by atoms with E-state index in [1.54, 1.807) is 24.4 Å². The fourth-order valence-corrected chi connectivity index (χ4v) is 2.32. The van der Waals surface area contributed by atoms with E-state index in [2.05, 4.69) is 10.5 Å². The Kier molecular flexibility index (Phi) is 5.74. The molecular weight excluding hydrogens is 373 g/mol. The number of rotatable bonds is 4. The Bertz CT molecular complexity index is 502. The van der Waals surface area contributed by atoms with E-state index in [9.17, 15) is 9.90 Å². The standard InChI is InChI=1S/C13H16IN3O3/c14-11-7-10(1-2-12(11)18)8-15-16-13(19)9-17-3-5-20-6-4-17/h1-2,7-8,18H,3-6,9H2,(H,16,19)/b15-8+. The van der Waals surface area contributed by atoms with Crippen LogP contribution in [0.5, 0.6) is 5.75 Å². The average Bonchev–Trinajstić information content (AvgIpc) is 2.44. The summed E-state index contributed by atoms with van der Waals surface area (Å²) in [5, 5.41) is 13.3. The zero-order valence-corrected chi connectivity index (χ0v) is 13.0.